The van der Waals surface area contributed by atoms with Crippen LogP contribution in [0.3, 0.4) is 0 Å². The summed E-state index contributed by atoms with van der Waals surface area (Å²) >= 11 is 0. The number of nitrogens with one attached hydrogen (secondary N) is 2. The normalized spacial score (nSPS) is 10.9. The summed E-state index contributed by atoms with van der Waals surface area (Å²) < 4.78 is 0. The highest BCUT2D eigenvalue weighted by Crippen LogP contribution is 2.15. The molecule has 0 unspecified atom stereocenters. The van der Waals surface area contributed by atoms with E-state index in [4.69, 9.17) is 5.73 Å². The first-order valence-electron chi connectivity index (χ1n) is 4.99. The Morgan fingerprint density at radius 1 is 1.44 bits per heavy atom. The molecular weight excluding hydrogens is 206 g/mol. The minimum atomic E-state index is -0.606. The van der Waals surface area contributed by atoms with Crippen molar-refractivity contribution < 1.29 is 4.79 Å². The Hall–Kier alpha value is -1.85. The zero-order valence-electron chi connectivity index (χ0n) is 9.74. The smallest absolute Gasteiger partial charge is 0.224 e. The molecule has 0 spiro atoms. The molecular formula is C10H17N5O. The number of hydrogen-bond donors (Lipinski definition) is 3. The highest BCUT2D eigenvalue weighted by atomic mass is 16.1. The molecule has 0 saturated heterocycles. The fraction of sp³-hybridized carbons (Fsp3) is 0.500. The van der Waals surface area contributed by atoms with Crippen molar-refractivity contribution in [3.63, 3.8) is 0 Å². The van der Waals surface area contributed by atoms with E-state index in [9.17, 15) is 4.79 Å². The van der Waals surface area contributed by atoms with E-state index < -0.39 is 5.41 Å². The molecule has 0 aliphatic rings. The molecule has 16 heavy (non-hydrogen) atoms. The maximum atomic E-state index is 11.1. The van der Waals surface area contributed by atoms with Gasteiger partial charge in [0.2, 0.25) is 5.91 Å². The van der Waals surface area contributed by atoms with Crippen LogP contribution in [0.15, 0.2) is 12.4 Å². The van der Waals surface area contributed by atoms with Gasteiger partial charge < -0.3 is 16.4 Å². The van der Waals surface area contributed by atoms with E-state index in [0.717, 1.165) is 5.82 Å². The van der Waals surface area contributed by atoms with Crippen LogP contribution in [0.1, 0.15) is 13.8 Å². The van der Waals surface area contributed by atoms with Gasteiger partial charge in [-0.1, -0.05) is 0 Å². The lowest BCUT2D eigenvalue weighted by Crippen LogP contribution is -2.37. The number of carbonyl (C=O) groups is 1. The molecule has 1 aromatic rings. The summed E-state index contributed by atoms with van der Waals surface area (Å²) in [6, 6.07) is 1.76. The van der Waals surface area contributed by atoms with Gasteiger partial charge in [-0.05, 0) is 13.8 Å². The molecule has 0 atom stereocenters. The standard InChI is InChI=1S/C10H17N5O/c1-10(2,9(11)16)5-13-8-4-7(12-3)14-6-15-8/h4,6H,5H2,1-3H3,(H2,11,16)(H2,12,13,14,15). The van der Waals surface area contributed by atoms with Crippen molar-refractivity contribution in [1.29, 1.82) is 0 Å². The number of anilines is 2. The number of aromatic nitrogens is 2. The third kappa shape index (κ3) is 3.08. The Balaban J connectivity index is 2.64. The first-order chi connectivity index (χ1) is 7.45. The van der Waals surface area contributed by atoms with Gasteiger partial charge in [-0.3, -0.25) is 4.79 Å². The molecule has 0 saturated carbocycles. The third-order valence-electron chi connectivity index (χ3n) is 2.30. The Morgan fingerprint density at radius 3 is 2.62 bits per heavy atom. The molecule has 0 bridgehead atoms. The number of hydrogen-bond acceptors (Lipinski definition) is 5. The summed E-state index contributed by atoms with van der Waals surface area (Å²) in [7, 11) is 1.78. The van der Waals surface area contributed by atoms with Crippen molar-refractivity contribution in [2.75, 3.05) is 24.2 Å². The zero-order chi connectivity index (χ0) is 12.2. The van der Waals surface area contributed by atoms with Crippen LogP contribution in [-0.2, 0) is 4.79 Å². The molecule has 4 N–H and O–H groups in total. The van der Waals surface area contributed by atoms with Crippen LogP contribution < -0.4 is 16.4 Å². The molecule has 0 fully saturated rings. The predicted octanol–water partition coefficient (Wildman–Crippen LogP) is 0.442. The number of rotatable bonds is 5. The zero-order valence-corrected chi connectivity index (χ0v) is 9.74. The van der Waals surface area contributed by atoms with E-state index in [1.54, 1.807) is 27.0 Å². The lowest BCUT2D eigenvalue weighted by Gasteiger charge is -2.21. The highest BCUT2D eigenvalue weighted by Gasteiger charge is 2.24. The van der Waals surface area contributed by atoms with Crippen LogP contribution in [-0.4, -0.2) is 29.5 Å². The Labute approximate surface area is 94.7 Å². The second-order valence-corrected chi connectivity index (χ2v) is 4.14. The summed E-state index contributed by atoms with van der Waals surface area (Å²) in [5.41, 5.74) is 4.66. The van der Waals surface area contributed by atoms with Crippen molar-refractivity contribution in [3.05, 3.63) is 12.4 Å². The maximum absolute atomic E-state index is 11.1. The molecule has 1 heterocycles. The number of primary amides is 1. The van der Waals surface area contributed by atoms with Gasteiger partial charge in [-0.2, -0.15) is 0 Å². The van der Waals surface area contributed by atoms with Gasteiger partial charge in [0.25, 0.3) is 0 Å². The van der Waals surface area contributed by atoms with E-state index >= 15 is 0 Å². The number of amides is 1. The van der Waals surface area contributed by atoms with Crippen LogP contribution in [0, 0.1) is 5.41 Å². The Kier molecular flexibility index (Phi) is 3.65. The van der Waals surface area contributed by atoms with Gasteiger partial charge in [-0.25, -0.2) is 9.97 Å². The summed E-state index contributed by atoms with van der Waals surface area (Å²) in [5, 5.41) is 5.95. The minimum Gasteiger partial charge on any atom is -0.373 e. The summed E-state index contributed by atoms with van der Waals surface area (Å²) in [4.78, 5) is 19.1. The average molecular weight is 223 g/mol. The third-order valence-corrected chi connectivity index (χ3v) is 2.30. The van der Waals surface area contributed by atoms with Crippen molar-refractivity contribution in [1.82, 2.24) is 9.97 Å². The molecule has 0 aliphatic carbocycles. The molecule has 0 radical (unpaired) electrons. The summed E-state index contributed by atoms with van der Waals surface area (Å²) in [5.74, 6) is 1.03. The Bertz CT molecular complexity index is 377. The lowest BCUT2D eigenvalue weighted by atomic mass is 9.93. The van der Waals surface area contributed by atoms with Gasteiger partial charge in [0.05, 0.1) is 5.41 Å². The number of carbonyl (C=O) groups excluding carboxylic acids is 1. The van der Waals surface area contributed by atoms with Gasteiger partial charge in [0, 0.05) is 19.7 Å². The SMILES string of the molecule is CNc1cc(NCC(C)(C)C(N)=O)ncn1. The molecule has 6 heteroatoms. The summed E-state index contributed by atoms with van der Waals surface area (Å²) in [6.45, 7) is 3.99. The van der Waals surface area contributed by atoms with Crippen molar-refractivity contribution >= 4 is 17.5 Å². The molecule has 1 aromatic heterocycles. The van der Waals surface area contributed by atoms with E-state index in [-0.39, 0.29) is 5.91 Å². The minimum absolute atomic E-state index is 0.345. The van der Waals surface area contributed by atoms with Crippen molar-refractivity contribution in [2.45, 2.75) is 13.8 Å². The number of nitrogens with zero attached hydrogens (tertiary/aromatic N) is 2. The van der Waals surface area contributed by atoms with Crippen LogP contribution in [0.5, 0.6) is 0 Å². The van der Waals surface area contributed by atoms with Gasteiger partial charge >= 0.3 is 0 Å². The fourth-order valence-electron chi connectivity index (χ4n) is 0.989. The lowest BCUT2D eigenvalue weighted by molar-refractivity contribution is -0.125. The van der Waals surface area contributed by atoms with E-state index in [0.29, 0.717) is 12.4 Å². The largest absolute Gasteiger partial charge is 0.373 e. The van der Waals surface area contributed by atoms with E-state index in [1.165, 1.54) is 6.33 Å². The van der Waals surface area contributed by atoms with Crippen molar-refractivity contribution in [3.8, 4) is 0 Å². The molecule has 6 nitrogen and oxygen atoms in total. The van der Waals surface area contributed by atoms with Gasteiger partial charge in [0.15, 0.2) is 0 Å². The molecule has 1 amide bonds. The van der Waals surface area contributed by atoms with Crippen molar-refractivity contribution in [2.24, 2.45) is 11.1 Å². The number of nitrogens with two attached hydrogens (primary N) is 1. The van der Waals surface area contributed by atoms with Crippen LogP contribution in [0.2, 0.25) is 0 Å². The Morgan fingerprint density at radius 2 is 2.06 bits per heavy atom. The topological polar surface area (TPSA) is 92.9 Å². The maximum Gasteiger partial charge on any atom is 0.224 e. The van der Waals surface area contributed by atoms with Gasteiger partial charge in [-0.15, -0.1) is 0 Å². The average Bonchev–Trinajstić information content (AvgIpc) is 2.26. The quantitative estimate of drug-likeness (QED) is 0.673. The van der Waals surface area contributed by atoms with Crippen LogP contribution in [0.25, 0.3) is 0 Å². The molecule has 0 aromatic carbocycles. The first kappa shape index (κ1) is 12.2. The highest BCUT2D eigenvalue weighted by molar-refractivity contribution is 5.80. The molecule has 1 rings (SSSR count). The van der Waals surface area contributed by atoms with E-state index in [1.807, 2.05) is 0 Å². The first-order valence-corrected chi connectivity index (χ1v) is 4.99. The predicted molar refractivity (Wildman–Crippen MR) is 63.0 cm³/mol. The van der Waals surface area contributed by atoms with E-state index in [2.05, 4.69) is 20.6 Å². The molecule has 0 aliphatic heterocycles. The summed E-state index contributed by atoms with van der Waals surface area (Å²) in [6.07, 6.45) is 1.45. The monoisotopic (exact) mass is 223 g/mol. The second-order valence-electron chi connectivity index (χ2n) is 4.14. The van der Waals surface area contributed by atoms with Gasteiger partial charge in [0.1, 0.15) is 18.0 Å². The van der Waals surface area contributed by atoms with Crippen LogP contribution in [0.4, 0.5) is 11.6 Å². The fourth-order valence-corrected chi connectivity index (χ4v) is 0.989. The van der Waals surface area contributed by atoms with Crippen LogP contribution >= 0.6 is 0 Å². The molecule has 88 valence electrons. The second kappa shape index (κ2) is 4.78.